The Morgan fingerprint density at radius 2 is 2.00 bits per heavy atom. The number of rotatable bonds is 3. The first-order valence-electron chi connectivity index (χ1n) is 4.00. The molecule has 0 fully saturated rings. The van der Waals surface area contributed by atoms with Crippen LogP contribution in [0.5, 0.6) is 0 Å². The molecule has 74 valence electrons. The molecule has 1 rings (SSSR count). The summed E-state index contributed by atoms with van der Waals surface area (Å²) in [4.78, 5) is 9.96. The van der Waals surface area contributed by atoms with Crippen LogP contribution in [0.2, 0.25) is 0 Å². The summed E-state index contributed by atoms with van der Waals surface area (Å²) >= 11 is 0. The zero-order valence-electron chi connectivity index (χ0n) is 7.34. The normalized spacial score (nSPS) is 10.7. The van der Waals surface area contributed by atoms with E-state index in [2.05, 4.69) is 0 Å². The second kappa shape index (κ2) is 4.50. The number of hydrogen-bond acceptors (Lipinski definition) is 2. The topological polar surface area (TPSA) is 43.1 Å². The molecule has 0 unspecified atom stereocenters. The maximum Gasteiger partial charge on any atom is 0.146 e. The largest absolute Gasteiger partial charge is 0.396 e. The van der Waals surface area contributed by atoms with Gasteiger partial charge in [-0.05, 0) is 6.07 Å². The number of allylic oxidation sites excluding steroid dienone is 1. The van der Waals surface area contributed by atoms with Crippen molar-refractivity contribution >= 4 is 18.0 Å². The summed E-state index contributed by atoms with van der Waals surface area (Å²) in [6.45, 7) is 0. The van der Waals surface area contributed by atoms with Crippen molar-refractivity contribution in [1.29, 1.82) is 0 Å². The number of nitrogen functional groups attached to an aromatic ring is 1. The van der Waals surface area contributed by atoms with Crippen LogP contribution < -0.4 is 5.73 Å². The predicted molar refractivity (Wildman–Crippen MR) is 50.5 cm³/mol. The summed E-state index contributed by atoms with van der Waals surface area (Å²) < 4.78 is 25.9. The molecule has 1 aromatic carbocycles. The molecule has 0 aliphatic rings. The van der Waals surface area contributed by atoms with Gasteiger partial charge in [-0.2, -0.15) is 0 Å². The summed E-state index contributed by atoms with van der Waals surface area (Å²) in [6.07, 6.45) is 3.63. The highest BCUT2D eigenvalue weighted by molar-refractivity contribution is 5.59. The number of halogens is 2. The third-order valence-corrected chi connectivity index (χ3v) is 1.65. The smallest absolute Gasteiger partial charge is 0.146 e. The van der Waals surface area contributed by atoms with Gasteiger partial charge in [0, 0.05) is 18.1 Å². The van der Waals surface area contributed by atoms with Crippen LogP contribution in [0.4, 0.5) is 14.5 Å². The number of benzene rings is 1. The van der Waals surface area contributed by atoms with Gasteiger partial charge in [0.15, 0.2) is 0 Å². The molecule has 14 heavy (non-hydrogen) atoms. The van der Waals surface area contributed by atoms with Crippen molar-refractivity contribution in [2.45, 2.75) is 6.42 Å². The molecule has 2 N–H and O–H groups in total. The summed E-state index contributed by atoms with van der Waals surface area (Å²) in [6, 6.07) is 1.90. The molecule has 0 amide bonds. The van der Waals surface area contributed by atoms with Gasteiger partial charge in [0.05, 0.1) is 5.69 Å². The van der Waals surface area contributed by atoms with Crippen molar-refractivity contribution in [3.63, 3.8) is 0 Å². The lowest BCUT2D eigenvalue weighted by atomic mass is 10.1. The summed E-state index contributed by atoms with van der Waals surface area (Å²) in [5, 5.41) is 0. The average Bonchev–Trinajstić information content (AvgIpc) is 2.14. The first kappa shape index (κ1) is 10.4. The van der Waals surface area contributed by atoms with Gasteiger partial charge in [-0.1, -0.05) is 12.2 Å². The Morgan fingerprint density at radius 1 is 1.29 bits per heavy atom. The Balaban J connectivity index is 2.97. The summed E-state index contributed by atoms with van der Waals surface area (Å²) in [7, 11) is 0. The average molecular weight is 197 g/mol. The molecule has 0 atom stereocenters. The molecule has 0 heterocycles. The van der Waals surface area contributed by atoms with Gasteiger partial charge >= 0.3 is 0 Å². The van der Waals surface area contributed by atoms with Crippen molar-refractivity contribution in [3.8, 4) is 0 Å². The van der Waals surface area contributed by atoms with E-state index in [1.165, 1.54) is 12.2 Å². The Morgan fingerprint density at radius 3 is 2.64 bits per heavy atom. The van der Waals surface area contributed by atoms with Gasteiger partial charge in [0.1, 0.15) is 17.9 Å². The van der Waals surface area contributed by atoms with Gasteiger partial charge in [0.2, 0.25) is 0 Å². The molecular formula is C10H9F2NO. The molecule has 4 heteroatoms. The van der Waals surface area contributed by atoms with Gasteiger partial charge in [-0.25, -0.2) is 8.78 Å². The molecule has 0 aliphatic heterocycles. The molecule has 2 nitrogen and oxygen atoms in total. The maximum absolute atomic E-state index is 13.1. The number of anilines is 1. The highest BCUT2D eigenvalue weighted by atomic mass is 19.1. The quantitative estimate of drug-likeness (QED) is 0.596. The molecule has 0 bridgehead atoms. The number of carbonyl (C=O) groups excluding carboxylic acids is 1. The van der Waals surface area contributed by atoms with Gasteiger partial charge < -0.3 is 10.5 Å². The third kappa shape index (κ3) is 2.39. The van der Waals surface area contributed by atoms with Crippen LogP contribution in [-0.4, -0.2) is 6.29 Å². The first-order chi connectivity index (χ1) is 6.65. The Kier molecular flexibility index (Phi) is 3.34. The summed E-state index contributed by atoms with van der Waals surface area (Å²) in [5.74, 6) is -1.27. The highest BCUT2D eigenvalue weighted by Gasteiger charge is 2.04. The predicted octanol–water partition coefficient (Wildman–Crippen LogP) is 2.15. The molecule has 0 saturated heterocycles. The van der Waals surface area contributed by atoms with Crippen molar-refractivity contribution in [2.75, 3.05) is 5.73 Å². The lowest BCUT2D eigenvalue weighted by Crippen LogP contribution is -1.93. The fraction of sp³-hybridized carbons (Fsp3) is 0.100. The van der Waals surface area contributed by atoms with E-state index in [1.807, 2.05) is 0 Å². The number of nitrogens with two attached hydrogens (primary N) is 1. The van der Waals surface area contributed by atoms with Crippen LogP contribution in [0.25, 0.3) is 6.08 Å². The monoisotopic (exact) mass is 197 g/mol. The van der Waals surface area contributed by atoms with Crippen molar-refractivity contribution < 1.29 is 13.6 Å². The van der Waals surface area contributed by atoms with E-state index in [9.17, 15) is 13.6 Å². The lowest BCUT2D eigenvalue weighted by molar-refractivity contribution is -0.107. The molecule has 0 spiro atoms. The zero-order valence-corrected chi connectivity index (χ0v) is 7.34. The minimum Gasteiger partial charge on any atom is -0.396 e. The fourth-order valence-electron chi connectivity index (χ4n) is 0.956. The molecule has 0 radical (unpaired) electrons. The number of carbonyl (C=O) groups is 1. The maximum atomic E-state index is 13.1. The highest BCUT2D eigenvalue weighted by Crippen LogP contribution is 2.17. The third-order valence-electron chi connectivity index (χ3n) is 1.65. The SMILES string of the molecule is Nc1cc(F)c(C=CCC=O)cc1F. The molecule has 1 aromatic rings. The van der Waals surface area contributed by atoms with Gasteiger partial charge in [-0.15, -0.1) is 0 Å². The Hall–Kier alpha value is -1.71. The van der Waals surface area contributed by atoms with Crippen LogP contribution in [0.3, 0.4) is 0 Å². The number of aldehydes is 1. The number of hydrogen-bond donors (Lipinski definition) is 1. The van der Waals surface area contributed by atoms with Crippen LogP contribution in [0.15, 0.2) is 18.2 Å². The zero-order chi connectivity index (χ0) is 10.6. The van der Waals surface area contributed by atoms with E-state index >= 15 is 0 Å². The van der Waals surface area contributed by atoms with Crippen molar-refractivity contribution in [3.05, 3.63) is 35.4 Å². The minimum atomic E-state index is -0.669. The van der Waals surface area contributed by atoms with Gasteiger partial charge in [0.25, 0.3) is 0 Å². The van der Waals surface area contributed by atoms with Crippen molar-refractivity contribution in [1.82, 2.24) is 0 Å². The van der Waals surface area contributed by atoms with Gasteiger partial charge in [-0.3, -0.25) is 0 Å². The second-order valence-electron chi connectivity index (χ2n) is 2.70. The molecule has 0 saturated carbocycles. The summed E-state index contributed by atoms with van der Waals surface area (Å²) in [5.41, 5.74) is 5.00. The standard InChI is InChI=1S/C10H9F2NO/c11-8-6-10(13)9(12)5-7(8)3-1-2-4-14/h1,3-6H,2,13H2. The van der Waals surface area contributed by atoms with E-state index in [1.54, 1.807) is 0 Å². The van der Waals surface area contributed by atoms with E-state index in [-0.39, 0.29) is 17.7 Å². The van der Waals surface area contributed by atoms with Crippen molar-refractivity contribution in [2.24, 2.45) is 0 Å². The minimum absolute atomic E-state index is 0.0820. The van der Waals surface area contributed by atoms with E-state index in [4.69, 9.17) is 5.73 Å². The molecule has 0 aliphatic carbocycles. The second-order valence-corrected chi connectivity index (χ2v) is 2.70. The first-order valence-corrected chi connectivity index (χ1v) is 4.00. The van der Waals surface area contributed by atoms with E-state index < -0.39 is 11.6 Å². The molecule has 0 aromatic heterocycles. The van der Waals surface area contributed by atoms with E-state index in [0.717, 1.165) is 12.1 Å². The Bertz CT molecular complexity index is 375. The lowest BCUT2D eigenvalue weighted by Gasteiger charge is -2.00. The van der Waals surface area contributed by atoms with Crippen LogP contribution >= 0.6 is 0 Å². The van der Waals surface area contributed by atoms with Crippen LogP contribution in [0, 0.1) is 11.6 Å². The Labute approximate surface area is 80.0 Å². The molecular weight excluding hydrogens is 188 g/mol. The van der Waals surface area contributed by atoms with Crippen LogP contribution in [-0.2, 0) is 4.79 Å². The van der Waals surface area contributed by atoms with E-state index in [0.29, 0.717) is 6.29 Å². The van der Waals surface area contributed by atoms with Crippen LogP contribution in [0.1, 0.15) is 12.0 Å². The fourth-order valence-corrected chi connectivity index (χ4v) is 0.956.